The molecule has 6 heteroatoms. The molecule has 2 saturated heterocycles. The largest absolute Gasteiger partial charge is 0.478 e. The summed E-state index contributed by atoms with van der Waals surface area (Å²) < 4.78 is 5.41. The minimum absolute atomic E-state index is 0.275. The molecule has 26 heavy (non-hydrogen) atoms. The average Bonchev–Trinajstić information content (AvgIpc) is 3.16. The first-order chi connectivity index (χ1) is 12.7. The van der Waals surface area contributed by atoms with E-state index in [0.717, 1.165) is 57.1 Å². The second kappa shape index (κ2) is 9.24. The molecule has 1 aromatic carbocycles. The Kier molecular flexibility index (Phi) is 6.74. The number of likely N-dealkylation sites (N-methyl/N-ethyl adjacent to an activating group) is 1. The lowest BCUT2D eigenvalue weighted by molar-refractivity contribution is 0.0697. The van der Waals surface area contributed by atoms with Gasteiger partial charge in [-0.05, 0) is 63.9 Å². The number of hydrogen-bond acceptors (Lipinski definition) is 5. The first-order valence-electron chi connectivity index (χ1n) is 9.86. The Balaban J connectivity index is 1.72. The second-order valence-corrected chi connectivity index (χ2v) is 7.19. The summed E-state index contributed by atoms with van der Waals surface area (Å²) in [4.78, 5) is 16.5. The predicted octanol–water partition coefficient (Wildman–Crippen LogP) is 2.90. The number of likely N-dealkylation sites (tertiary alicyclic amines) is 1. The maximum atomic E-state index is 11.6. The van der Waals surface area contributed by atoms with Crippen LogP contribution in [0, 0.1) is 0 Å². The maximum absolute atomic E-state index is 11.6. The summed E-state index contributed by atoms with van der Waals surface area (Å²) in [6.45, 7) is 8.97. The Morgan fingerprint density at radius 1 is 1.31 bits per heavy atom. The van der Waals surface area contributed by atoms with Crippen molar-refractivity contribution in [3.8, 4) is 0 Å². The summed E-state index contributed by atoms with van der Waals surface area (Å²) in [5.41, 5.74) is 2.16. The van der Waals surface area contributed by atoms with Crippen LogP contribution in [0.4, 0.5) is 11.4 Å². The maximum Gasteiger partial charge on any atom is 0.337 e. The van der Waals surface area contributed by atoms with E-state index in [0.29, 0.717) is 5.56 Å². The third-order valence-electron chi connectivity index (χ3n) is 5.45. The highest BCUT2D eigenvalue weighted by Gasteiger charge is 2.19. The van der Waals surface area contributed by atoms with E-state index in [1.54, 1.807) is 6.07 Å². The summed E-state index contributed by atoms with van der Waals surface area (Å²) in [7, 11) is 0. The number of rotatable bonds is 8. The van der Waals surface area contributed by atoms with Gasteiger partial charge in [0, 0.05) is 44.6 Å². The fourth-order valence-electron chi connectivity index (χ4n) is 3.83. The molecule has 2 fully saturated rings. The molecule has 0 aliphatic carbocycles. The Bertz CT molecular complexity index is 596. The molecule has 0 bridgehead atoms. The molecule has 0 amide bonds. The van der Waals surface area contributed by atoms with Crippen LogP contribution in [0.1, 0.15) is 43.0 Å². The van der Waals surface area contributed by atoms with Crippen LogP contribution in [0.5, 0.6) is 0 Å². The van der Waals surface area contributed by atoms with Crippen LogP contribution in [-0.2, 0) is 4.74 Å². The predicted molar refractivity (Wildman–Crippen MR) is 104 cm³/mol. The van der Waals surface area contributed by atoms with Gasteiger partial charge in [-0.3, -0.25) is 0 Å². The van der Waals surface area contributed by atoms with Crippen LogP contribution in [0.2, 0.25) is 0 Å². The molecule has 0 saturated carbocycles. The molecule has 0 radical (unpaired) electrons. The first kappa shape index (κ1) is 19.0. The normalized spacial score (nSPS) is 18.8. The van der Waals surface area contributed by atoms with Crippen molar-refractivity contribution in [2.24, 2.45) is 0 Å². The Hall–Kier alpha value is -1.79. The van der Waals surface area contributed by atoms with Crippen molar-refractivity contribution in [3.05, 3.63) is 23.8 Å². The van der Waals surface area contributed by atoms with Crippen LogP contribution in [-0.4, -0.2) is 68.0 Å². The summed E-state index contributed by atoms with van der Waals surface area (Å²) in [6, 6.07) is 5.95. The summed E-state index contributed by atoms with van der Waals surface area (Å²) >= 11 is 0. The minimum Gasteiger partial charge on any atom is -0.478 e. The average molecular weight is 361 g/mol. The lowest BCUT2D eigenvalue weighted by Gasteiger charge is -2.28. The van der Waals surface area contributed by atoms with Gasteiger partial charge < -0.3 is 25.0 Å². The number of benzene rings is 1. The summed E-state index contributed by atoms with van der Waals surface area (Å²) in [6.07, 6.45) is 4.43. The highest BCUT2D eigenvalue weighted by Crippen LogP contribution is 2.26. The van der Waals surface area contributed by atoms with Gasteiger partial charge in [0.15, 0.2) is 0 Å². The van der Waals surface area contributed by atoms with Gasteiger partial charge >= 0.3 is 5.97 Å². The third-order valence-corrected chi connectivity index (χ3v) is 5.45. The molecule has 2 heterocycles. The van der Waals surface area contributed by atoms with Gasteiger partial charge in [-0.15, -0.1) is 0 Å². The Morgan fingerprint density at radius 2 is 2.04 bits per heavy atom. The SMILES string of the molecule is CCN(CCN1CCCC1)c1ccc(C(=O)O)c(NC2CCOCC2)c1. The van der Waals surface area contributed by atoms with E-state index in [4.69, 9.17) is 4.74 Å². The van der Waals surface area contributed by atoms with Gasteiger partial charge in [0.2, 0.25) is 0 Å². The number of nitrogens with zero attached hydrogens (tertiary/aromatic N) is 2. The number of carboxylic acid groups (broad SMARTS) is 1. The van der Waals surface area contributed by atoms with E-state index in [2.05, 4.69) is 22.0 Å². The van der Waals surface area contributed by atoms with Crippen molar-refractivity contribution in [3.63, 3.8) is 0 Å². The molecule has 0 atom stereocenters. The van der Waals surface area contributed by atoms with Gasteiger partial charge in [0.05, 0.1) is 11.3 Å². The van der Waals surface area contributed by atoms with Crippen LogP contribution in [0.15, 0.2) is 18.2 Å². The molecule has 144 valence electrons. The molecule has 0 spiro atoms. The number of carbonyl (C=O) groups is 1. The molecule has 2 aliphatic heterocycles. The minimum atomic E-state index is -0.883. The van der Waals surface area contributed by atoms with Crippen molar-refractivity contribution in [2.45, 2.75) is 38.6 Å². The van der Waals surface area contributed by atoms with Gasteiger partial charge in [-0.1, -0.05) is 0 Å². The van der Waals surface area contributed by atoms with E-state index in [-0.39, 0.29) is 6.04 Å². The zero-order chi connectivity index (χ0) is 18.4. The second-order valence-electron chi connectivity index (χ2n) is 7.19. The fraction of sp³-hybridized carbons (Fsp3) is 0.650. The molecule has 0 aromatic heterocycles. The van der Waals surface area contributed by atoms with E-state index in [1.165, 1.54) is 25.9 Å². The van der Waals surface area contributed by atoms with Gasteiger partial charge in [0.25, 0.3) is 0 Å². The highest BCUT2D eigenvalue weighted by atomic mass is 16.5. The zero-order valence-electron chi connectivity index (χ0n) is 15.7. The molecule has 2 N–H and O–H groups in total. The number of aromatic carboxylic acids is 1. The number of nitrogens with one attached hydrogen (secondary N) is 1. The van der Waals surface area contributed by atoms with Crippen LogP contribution < -0.4 is 10.2 Å². The first-order valence-corrected chi connectivity index (χ1v) is 9.86. The van der Waals surface area contributed by atoms with E-state index in [9.17, 15) is 9.90 Å². The Morgan fingerprint density at radius 3 is 2.69 bits per heavy atom. The number of carboxylic acids is 1. The lowest BCUT2D eigenvalue weighted by atomic mass is 10.1. The van der Waals surface area contributed by atoms with E-state index >= 15 is 0 Å². The monoisotopic (exact) mass is 361 g/mol. The fourth-order valence-corrected chi connectivity index (χ4v) is 3.83. The summed E-state index contributed by atoms with van der Waals surface area (Å²) in [5.74, 6) is -0.883. The number of anilines is 2. The van der Waals surface area contributed by atoms with E-state index in [1.807, 2.05) is 12.1 Å². The highest BCUT2D eigenvalue weighted by molar-refractivity contribution is 5.95. The molecule has 1 aromatic rings. The molecule has 6 nitrogen and oxygen atoms in total. The standard InChI is InChI=1S/C20H31N3O3/c1-2-23(12-11-22-9-3-4-10-22)17-5-6-18(20(24)25)19(15-17)21-16-7-13-26-14-8-16/h5-6,15-16,21H,2-4,7-14H2,1H3,(H,24,25). The van der Waals surface area contributed by atoms with Crippen molar-refractivity contribution >= 4 is 17.3 Å². The van der Waals surface area contributed by atoms with Crippen molar-refractivity contribution in [1.82, 2.24) is 4.90 Å². The summed E-state index contributed by atoms with van der Waals surface area (Å²) in [5, 5.41) is 13.0. The molecular formula is C20H31N3O3. The van der Waals surface area contributed by atoms with Crippen LogP contribution in [0.25, 0.3) is 0 Å². The molecule has 3 rings (SSSR count). The van der Waals surface area contributed by atoms with Crippen molar-refractivity contribution < 1.29 is 14.6 Å². The zero-order valence-corrected chi connectivity index (χ0v) is 15.7. The number of ether oxygens (including phenoxy) is 1. The number of hydrogen-bond donors (Lipinski definition) is 2. The van der Waals surface area contributed by atoms with Gasteiger partial charge in [-0.25, -0.2) is 4.79 Å². The topological polar surface area (TPSA) is 65.0 Å². The Labute approximate surface area is 156 Å². The molecule has 0 unspecified atom stereocenters. The van der Waals surface area contributed by atoms with E-state index < -0.39 is 5.97 Å². The van der Waals surface area contributed by atoms with Crippen LogP contribution in [0.3, 0.4) is 0 Å². The van der Waals surface area contributed by atoms with Gasteiger partial charge in [-0.2, -0.15) is 0 Å². The van der Waals surface area contributed by atoms with Gasteiger partial charge in [0.1, 0.15) is 0 Å². The van der Waals surface area contributed by atoms with Crippen LogP contribution >= 0.6 is 0 Å². The van der Waals surface area contributed by atoms with Crippen molar-refractivity contribution in [2.75, 3.05) is 56.2 Å². The third kappa shape index (κ3) is 4.89. The smallest absolute Gasteiger partial charge is 0.337 e. The van der Waals surface area contributed by atoms with Crippen molar-refractivity contribution in [1.29, 1.82) is 0 Å². The molecule has 2 aliphatic rings. The molecular weight excluding hydrogens is 330 g/mol. The quantitative estimate of drug-likeness (QED) is 0.742. The lowest BCUT2D eigenvalue weighted by Crippen LogP contribution is -2.34.